The lowest BCUT2D eigenvalue weighted by Gasteiger charge is -2.29. The number of aromatic nitrogens is 5. The summed E-state index contributed by atoms with van der Waals surface area (Å²) in [6, 6.07) is 3.63. The van der Waals surface area contributed by atoms with Crippen LogP contribution in [0, 0.1) is 6.92 Å². The van der Waals surface area contributed by atoms with Gasteiger partial charge in [0.15, 0.2) is 10.8 Å². The Labute approximate surface area is 166 Å². The predicted molar refractivity (Wildman–Crippen MR) is 105 cm³/mol. The standard InChI is InChI=1S/C19H22F2N6S/c1-12-11-28-18(23-12)17-25-15(13(2)27-9-3-8-22-27)10-16(26-17)24-14-4-6-19(20,21)7-5-14/h3,8-11,13-14H,4-7H2,1-2H3,(H,24,25,26). The highest BCUT2D eigenvalue weighted by atomic mass is 32.1. The van der Waals surface area contributed by atoms with Crippen LogP contribution in [0.15, 0.2) is 29.9 Å². The zero-order valence-corrected chi connectivity index (χ0v) is 16.6. The van der Waals surface area contributed by atoms with E-state index in [-0.39, 0.29) is 24.9 Å². The van der Waals surface area contributed by atoms with Gasteiger partial charge < -0.3 is 5.32 Å². The largest absolute Gasteiger partial charge is 0.367 e. The van der Waals surface area contributed by atoms with Gasteiger partial charge in [0.2, 0.25) is 5.92 Å². The first-order valence-corrected chi connectivity index (χ1v) is 10.2. The normalized spacial score (nSPS) is 18.1. The molecule has 1 N–H and O–H groups in total. The van der Waals surface area contributed by atoms with Gasteiger partial charge in [-0.1, -0.05) is 0 Å². The van der Waals surface area contributed by atoms with Gasteiger partial charge in [0.1, 0.15) is 5.82 Å². The Hall–Kier alpha value is -2.42. The van der Waals surface area contributed by atoms with Crippen molar-refractivity contribution >= 4 is 17.2 Å². The lowest BCUT2D eigenvalue weighted by atomic mass is 9.92. The fourth-order valence-corrected chi connectivity index (χ4v) is 4.07. The predicted octanol–water partition coefficient (Wildman–Crippen LogP) is 4.70. The van der Waals surface area contributed by atoms with Crippen molar-refractivity contribution in [3.05, 3.63) is 41.3 Å². The van der Waals surface area contributed by atoms with E-state index in [0.29, 0.717) is 24.5 Å². The van der Waals surface area contributed by atoms with Crippen LogP contribution in [0.5, 0.6) is 0 Å². The lowest BCUT2D eigenvalue weighted by molar-refractivity contribution is -0.0361. The molecule has 28 heavy (non-hydrogen) atoms. The number of thiazole rings is 1. The molecular weight excluding hydrogens is 382 g/mol. The van der Waals surface area contributed by atoms with Crippen LogP contribution in [0.2, 0.25) is 0 Å². The van der Waals surface area contributed by atoms with Gasteiger partial charge in [0.05, 0.1) is 11.7 Å². The summed E-state index contributed by atoms with van der Waals surface area (Å²) in [5.41, 5.74) is 1.71. The molecule has 148 valence electrons. The van der Waals surface area contributed by atoms with Gasteiger partial charge in [-0.05, 0) is 32.8 Å². The Bertz CT molecular complexity index is 930. The van der Waals surface area contributed by atoms with Crippen LogP contribution in [0.3, 0.4) is 0 Å². The Morgan fingerprint density at radius 2 is 2.04 bits per heavy atom. The van der Waals surface area contributed by atoms with Crippen molar-refractivity contribution in [2.45, 2.75) is 57.5 Å². The fourth-order valence-electron chi connectivity index (χ4n) is 3.35. The molecule has 0 saturated heterocycles. The third-order valence-corrected chi connectivity index (χ3v) is 5.93. The molecule has 1 fully saturated rings. The van der Waals surface area contributed by atoms with E-state index in [9.17, 15) is 8.78 Å². The van der Waals surface area contributed by atoms with Crippen LogP contribution < -0.4 is 5.32 Å². The second-order valence-electron chi connectivity index (χ2n) is 7.23. The number of rotatable bonds is 5. The smallest absolute Gasteiger partial charge is 0.248 e. The fraction of sp³-hybridized carbons (Fsp3) is 0.474. The summed E-state index contributed by atoms with van der Waals surface area (Å²) >= 11 is 1.49. The highest BCUT2D eigenvalue weighted by Gasteiger charge is 2.35. The van der Waals surface area contributed by atoms with E-state index in [2.05, 4.69) is 20.4 Å². The van der Waals surface area contributed by atoms with E-state index in [0.717, 1.165) is 16.4 Å². The van der Waals surface area contributed by atoms with E-state index >= 15 is 0 Å². The van der Waals surface area contributed by atoms with E-state index in [1.54, 1.807) is 6.20 Å². The third kappa shape index (κ3) is 4.19. The second kappa shape index (κ2) is 7.54. The van der Waals surface area contributed by atoms with Crippen molar-refractivity contribution in [3.8, 4) is 10.8 Å². The Morgan fingerprint density at radius 1 is 1.25 bits per heavy atom. The number of nitrogens with one attached hydrogen (secondary N) is 1. The maximum absolute atomic E-state index is 13.5. The van der Waals surface area contributed by atoms with Crippen LogP contribution in [-0.4, -0.2) is 36.7 Å². The number of aryl methyl sites for hydroxylation is 1. The first-order valence-electron chi connectivity index (χ1n) is 9.35. The zero-order chi connectivity index (χ0) is 19.7. The number of hydrogen-bond acceptors (Lipinski definition) is 6. The van der Waals surface area contributed by atoms with E-state index in [4.69, 9.17) is 4.98 Å². The number of hydrogen-bond donors (Lipinski definition) is 1. The van der Waals surface area contributed by atoms with Gasteiger partial charge >= 0.3 is 0 Å². The minimum absolute atomic E-state index is 0.0201. The van der Waals surface area contributed by atoms with Gasteiger partial charge in [-0.3, -0.25) is 4.68 Å². The molecule has 0 aliphatic heterocycles. The molecule has 0 radical (unpaired) electrons. The van der Waals surface area contributed by atoms with Gasteiger partial charge in [0, 0.05) is 48.4 Å². The monoisotopic (exact) mass is 404 g/mol. The van der Waals surface area contributed by atoms with Crippen LogP contribution in [0.4, 0.5) is 14.6 Å². The SMILES string of the molecule is Cc1csc(-c2nc(NC3CCC(F)(F)CC3)cc(C(C)n3cccn3)n2)n1. The Morgan fingerprint density at radius 3 is 2.68 bits per heavy atom. The summed E-state index contributed by atoms with van der Waals surface area (Å²) in [4.78, 5) is 13.8. The molecule has 9 heteroatoms. The number of nitrogens with zero attached hydrogens (tertiary/aromatic N) is 5. The zero-order valence-electron chi connectivity index (χ0n) is 15.8. The van der Waals surface area contributed by atoms with Crippen LogP contribution in [0.1, 0.15) is 50.0 Å². The Kier molecular flexibility index (Phi) is 5.09. The average molecular weight is 404 g/mol. The summed E-state index contributed by atoms with van der Waals surface area (Å²) in [5.74, 6) is -1.37. The average Bonchev–Trinajstić information content (AvgIpc) is 3.34. The number of anilines is 1. The lowest BCUT2D eigenvalue weighted by Crippen LogP contribution is -2.32. The Balaban J connectivity index is 1.64. The number of halogens is 2. The van der Waals surface area contributed by atoms with Crippen molar-refractivity contribution in [3.63, 3.8) is 0 Å². The highest BCUT2D eigenvalue weighted by molar-refractivity contribution is 7.13. The first kappa shape index (κ1) is 18.9. The molecule has 3 heterocycles. The molecule has 6 nitrogen and oxygen atoms in total. The molecule has 1 unspecified atom stereocenters. The van der Waals surface area contributed by atoms with Crippen LogP contribution >= 0.6 is 11.3 Å². The van der Waals surface area contributed by atoms with E-state index in [1.807, 2.05) is 42.2 Å². The molecule has 0 spiro atoms. The molecule has 1 aliphatic carbocycles. The van der Waals surface area contributed by atoms with Gasteiger partial charge in [-0.2, -0.15) is 5.10 Å². The molecule has 0 bridgehead atoms. The van der Waals surface area contributed by atoms with Crippen LogP contribution in [-0.2, 0) is 0 Å². The second-order valence-corrected chi connectivity index (χ2v) is 8.09. The summed E-state index contributed by atoms with van der Waals surface area (Å²) in [6.45, 7) is 3.94. The van der Waals surface area contributed by atoms with Crippen molar-refractivity contribution in [1.29, 1.82) is 0 Å². The third-order valence-electron chi connectivity index (χ3n) is 4.98. The molecule has 1 aliphatic rings. The minimum atomic E-state index is -2.55. The summed E-state index contributed by atoms with van der Waals surface area (Å²) in [7, 11) is 0. The van der Waals surface area contributed by atoms with Crippen LogP contribution in [0.25, 0.3) is 10.8 Å². The minimum Gasteiger partial charge on any atom is -0.367 e. The molecule has 1 atom stereocenters. The molecule has 3 aromatic rings. The van der Waals surface area contributed by atoms with Gasteiger partial charge in [-0.15, -0.1) is 11.3 Å². The number of alkyl halides is 2. The molecule has 0 aromatic carbocycles. The van der Waals surface area contributed by atoms with E-state index < -0.39 is 5.92 Å². The summed E-state index contributed by atoms with van der Waals surface area (Å²) in [6.07, 6.45) is 4.27. The first-order chi connectivity index (χ1) is 13.4. The summed E-state index contributed by atoms with van der Waals surface area (Å²) in [5, 5.41) is 10.3. The topological polar surface area (TPSA) is 68.5 Å². The summed E-state index contributed by atoms with van der Waals surface area (Å²) < 4.78 is 28.7. The van der Waals surface area contributed by atoms with Crippen molar-refractivity contribution in [2.75, 3.05) is 5.32 Å². The van der Waals surface area contributed by atoms with Crippen molar-refractivity contribution < 1.29 is 8.78 Å². The maximum Gasteiger partial charge on any atom is 0.248 e. The highest BCUT2D eigenvalue weighted by Crippen LogP contribution is 2.34. The molecule has 1 saturated carbocycles. The quantitative estimate of drug-likeness (QED) is 0.667. The molecule has 4 rings (SSSR count). The molecular formula is C19H22F2N6S. The van der Waals surface area contributed by atoms with E-state index in [1.165, 1.54) is 11.3 Å². The molecule has 3 aromatic heterocycles. The van der Waals surface area contributed by atoms with Crippen molar-refractivity contribution in [2.24, 2.45) is 0 Å². The maximum atomic E-state index is 13.5. The van der Waals surface area contributed by atoms with Gasteiger partial charge in [0.25, 0.3) is 0 Å². The molecule has 0 amide bonds. The van der Waals surface area contributed by atoms with Gasteiger partial charge in [-0.25, -0.2) is 23.7 Å². The van der Waals surface area contributed by atoms with Crippen molar-refractivity contribution in [1.82, 2.24) is 24.7 Å².